The molecule has 4 nitrogen and oxygen atoms in total. The number of hydrogen-bond donors (Lipinski definition) is 1. The topological polar surface area (TPSA) is 50.7 Å². The molecular formula is C27H28N4. The molecule has 156 valence electrons. The molecule has 0 saturated carbocycles. The van der Waals surface area contributed by atoms with Crippen molar-refractivity contribution in [3.63, 3.8) is 0 Å². The maximum atomic E-state index is 4.80. The minimum atomic E-state index is 0.590. The first kappa shape index (κ1) is 20.7. The van der Waals surface area contributed by atoms with Gasteiger partial charge in [0.1, 0.15) is 11.6 Å². The van der Waals surface area contributed by atoms with Gasteiger partial charge in [-0.25, -0.2) is 4.98 Å². The largest absolute Gasteiger partial charge is 0.324 e. The molecule has 0 saturated heterocycles. The van der Waals surface area contributed by atoms with Crippen molar-refractivity contribution in [3.8, 4) is 0 Å². The summed E-state index contributed by atoms with van der Waals surface area (Å²) in [5.74, 6) is 2.14. The minimum Gasteiger partial charge on any atom is -0.324 e. The zero-order chi connectivity index (χ0) is 21.8. The Kier molecular flexibility index (Phi) is 6.08. The maximum absolute atomic E-state index is 4.80. The summed E-state index contributed by atoms with van der Waals surface area (Å²) >= 11 is 0. The number of anilines is 2. The van der Waals surface area contributed by atoms with Crippen LogP contribution < -0.4 is 5.32 Å². The quantitative estimate of drug-likeness (QED) is 0.423. The number of nitrogens with one attached hydrogen (secondary N) is 1. The Labute approximate surface area is 184 Å². The van der Waals surface area contributed by atoms with Crippen LogP contribution in [0, 0.1) is 27.7 Å². The predicted molar refractivity (Wildman–Crippen MR) is 127 cm³/mol. The molecule has 0 fully saturated rings. The molecule has 0 radical (unpaired) electrons. The van der Waals surface area contributed by atoms with Crippen molar-refractivity contribution in [2.75, 3.05) is 5.32 Å². The van der Waals surface area contributed by atoms with E-state index in [2.05, 4.69) is 99.7 Å². The molecule has 0 unspecified atom stereocenters. The third-order valence-electron chi connectivity index (χ3n) is 5.25. The molecule has 0 aliphatic carbocycles. The van der Waals surface area contributed by atoms with Gasteiger partial charge in [0.2, 0.25) is 5.95 Å². The summed E-state index contributed by atoms with van der Waals surface area (Å²) in [5, 5.41) is 3.41. The number of aromatic nitrogens is 3. The van der Waals surface area contributed by atoms with Crippen molar-refractivity contribution in [1.82, 2.24) is 15.0 Å². The van der Waals surface area contributed by atoms with Gasteiger partial charge in [0.25, 0.3) is 0 Å². The second-order valence-corrected chi connectivity index (χ2v) is 8.27. The number of rotatable bonds is 6. The van der Waals surface area contributed by atoms with Crippen LogP contribution in [-0.2, 0) is 12.8 Å². The fourth-order valence-electron chi connectivity index (χ4n) is 3.77. The smallest absolute Gasteiger partial charge is 0.230 e. The maximum Gasteiger partial charge on any atom is 0.230 e. The second kappa shape index (κ2) is 9.09. The molecular weight excluding hydrogens is 380 g/mol. The van der Waals surface area contributed by atoms with E-state index in [1.807, 2.05) is 0 Å². The Bertz CT molecular complexity index is 1150. The van der Waals surface area contributed by atoms with Crippen LogP contribution in [0.5, 0.6) is 0 Å². The van der Waals surface area contributed by atoms with E-state index in [9.17, 15) is 0 Å². The van der Waals surface area contributed by atoms with E-state index in [0.29, 0.717) is 18.8 Å². The highest BCUT2D eigenvalue weighted by Gasteiger charge is 2.10. The third-order valence-corrected chi connectivity index (χ3v) is 5.25. The van der Waals surface area contributed by atoms with Gasteiger partial charge in [-0.05, 0) is 50.5 Å². The van der Waals surface area contributed by atoms with Gasteiger partial charge in [-0.1, -0.05) is 77.4 Å². The van der Waals surface area contributed by atoms with Crippen molar-refractivity contribution < 1.29 is 0 Å². The summed E-state index contributed by atoms with van der Waals surface area (Å²) in [6, 6.07) is 23.3. The van der Waals surface area contributed by atoms with E-state index in [-0.39, 0.29) is 0 Å². The van der Waals surface area contributed by atoms with Crippen LogP contribution >= 0.6 is 0 Å². The lowest BCUT2D eigenvalue weighted by Gasteiger charge is -2.12. The molecule has 31 heavy (non-hydrogen) atoms. The number of benzene rings is 3. The van der Waals surface area contributed by atoms with E-state index < -0.39 is 0 Å². The van der Waals surface area contributed by atoms with Gasteiger partial charge in [0.15, 0.2) is 0 Å². The van der Waals surface area contributed by atoms with Crippen molar-refractivity contribution in [2.24, 2.45) is 0 Å². The Morgan fingerprint density at radius 1 is 0.613 bits per heavy atom. The Morgan fingerprint density at radius 3 is 1.68 bits per heavy atom. The normalized spacial score (nSPS) is 10.8. The van der Waals surface area contributed by atoms with Gasteiger partial charge in [-0.15, -0.1) is 0 Å². The minimum absolute atomic E-state index is 0.590. The first-order valence-electron chi connectivity index (χ1n) is 10.6. The van der Waals surface area contributed by atoms with Crippen molar-refractivity contribution in [1.29, 1.82) is 0 Å². The van der Waals surface area contributed by atoms with Crippen LogP contribution in [0.3, 0.4) is 0 Å². The molecule has 0 aliphatic heterocycles. The van der Waals surface area contributed by atoms with E-state index in [1.165, 1.54) is 33.4 Å². The highest BCUT2D eigenvalue weighted by atomic mass is 15.2. The first-order valence-corrected chi connectivity index (χ1v) is 10.6. The van der Waals surface area contributed by atoms with Crippen molar-refractivity contribution in [2.45, 2.75) is 40.5 Å². The van der Waals surface area contributed by atoms with Gasteiger partial charge >= 0.3 is 0 Å². The van der Waals surface area contributed by atoms with E-state index in [0.717, 1.165) is 17.3 Å². The molecule has 0 aliphatic rings. The Hall–Kier alpha value is -3.53. The average molecular weight is 409 g/mol. The molecule has 1 N–H and O–H groups in total. The van der Waals surface area contributed by atoms with Crippen LogP contribution in [-0.4, -0.2) is 15.0 Å². The fraction of sp³-hybridized carbons (Fsp3) is 0.222. The molecule has 0 amide bonds. The molecule has 4 aromatic rings. The SMILES string of the molecule is Cc1cccc(Cc2nc(Cc3cccc(C)c3)nc(Nc3ccc(C)cc3C)n2)c1. The van der Waals surface area contributed by atoms with Gasteiger partial charge in [-0.2, -0.15) is 9.97 Å². The van der Waals surface area contributed by atoms with Gasteiger partial charge in [0, 0.05) is 18.5 Å². The van der Waals surface area contributed by atoms with E-state index in [4.69, 9.17) is 15.0 Å². The van der Waals surface area contributed by atoms with E-state index >= 15 is 0 Å². The van der Waals surface area contributed by atoms with E-state index in [1.54, 1.807) is 0 Å². The summed E-state index contributed by atoms with van der Waals surface area (Å²) < 4.78 is 0. The monoisotopic (exact) mass is 408 g/mol. The standard InChI is InChI=1S/C27H28N4/c1-18-7-5-9-22(14-18)16-25-29-26(17-23-10-6-8-19(2)15-23)31-27(30-25)28-24-12-11-20(3)13-21(24)4/h5-15H,16-17H2,1-4H3,(H,28,29,30,31). The van der Waals surface area contributed by atoms with Crippen LogP contribution in [0.25, 0.3) is 0 Å². The molecule has 4 heteroatoms. The predicted octanol–water partition coefficient (Wildman–Crippen LogP) is 6.03. The zero-order valence-corrected chi connectivity index (χ0v) is 18.6. The van der Waals surface area contributed by atoms with Gasteiger partial charge in [0.05, 0.1) is 0 Å². The number of nitrogens with zero attached hydrogens (tertiary/aromatic N) is 3. The van der Waals surface area contributed by atoms with Crippen molar-refractivity contribution >= 4 is 11.6 Å². The Balaban J connectivity index is 1.68. The van der Waals surface area contributed by atoms with Crippen LogP contribution in [0.4, 0.5) is 11.6 Å². The molecule has 1 aromatic heterocycles. The van der Waals surface area contributed by atoms with Crippen LogP contribution in [0.15, 0.2) is 66.7 Å². The van der Waals surface area contributed by atoms with Crippen LogP contribution in [0.2, 0.25) is 0 Å². The fourth-order valence-corrected chi connectivity index (χ4v) is 3.77. The molecule has 0 atom stereocenters. The number of hydrogen-bond acceptors (Lipinski definition) is 4. The van der Waals surface area contributed by atoms with Gasteiger partial charge in [-0.3, -0.25) is 0 Å². The third kappa shape index (κ3) is 5.54. The number of aryl methyl sites for hydroxylation is 4. The summed E-state index contributed by atoms with van der Waals surface area (Å²) in [4.78, 5) is 14.3. The first-order chi connectivity index (χ1) is 14.9. The molecule has 0 bridgehead atoms. The van der Waals surface area contributed by atoms with Crippen LogP contribution in [0.1, 0.15) is 45.0 Å². The molecule has 4 rings (SSSR count). The molecule has 3 aromatic carbocycles. The summed E-state index contributed by atoms with van der Waals surface area (Å²) in [7, 11) is 0. The van der Waals surface area contributed by atoms with Crippen molar-refractivity contribution in [3.05, 3.63) is 112 Å². The zero-order valence-electron chi connectivity index (χ0n) is 18.6. The van der Waals surface area contributed by atoms with Gasteiger partial charge < -0.3 is 5.32 Å². The molecule has 0 spiro atoms. The lowest BCUT2D eigenvalue weighted by Crippen LogP contribution is -2.09. The highest BCUT2D eigenvalue weighted by molar-refractivity contribution is 5.58. The second-order valence-electron chi connectivity index (χ2n) is 8.27. The average Bonchev–Trinajstić information content (AvgIpc) is 2.70. The summed E-state index contributed by atoms with van der Waals surface area (Å²) in [6.45, 7) is 8.40. The summed E-state index contributed by atoms with van der Waals surface area (Å²) in [6.07, 6.45) is 1.35. The molecule has 1 heterocycles. The lowest BCUT2D eigenvalue weighted by atomic mass is 10.1. The highest BCUT2D eigenvalue weighted by Crippen LogP contribution is 2.20. The lowest BCUT2D eigenvalue weighted by molar-refractivity contribution is 0.855. The summed E-state index contributed by atoms with van der Waals surface area (Å²) in [5.41, 5.74) is 8.29. The Morgan fingerprint density at radius 2 is 1.16 bits per heavy atom.